The van der Waals surface area contributed by atoms with E-state index in [1.807, 2.05) is 0 Å². The first-order chi connectivity index (χ1) is 7.24. The van der Waals surface area contributed by atoms with Crippen LogP contribution in [0.25, 0.3) is 10.4 Å². The molecule has 0 atom stereocenters. The topological polar surface area (TPSA) is 93.5 Å². The van der Waals surface area contributed by atoms with Crippen molar-refractivity contribution in [1.82, 2.24) is 0 Å². The number of hydrogen-bond acceptors (Lipinski definition) is 5. The van der Waals surface area contributed by atoms with Gasteiger partial charge in [-0.05, 0) is 11.6 Å². The predicted molar refractivity (Wildman–Crippen MR) is 49.2 cm³/mol. The van der Waals surface area contributed by atoms with Gasteiger partial charge in [0, 0.05) is 11.5 Å². The second-order valence-electron chi connectivity index (χ2n) is 2.44. The monoisotopic (exact) mass is 211 g/mol. The third kappa shape index (κ3) is 2.21. The number of esters is 1. The number of carbonyl (C=O) groups is 1. The summed E-state index contributed by atoms with van der Waals surface area (Å²) < 4.78 is 14.6. The zero-order chi connectivity index (χ0) is 11.3. The summed E-state index contributed by atoms with van der Waals surface area (Å²) in [6.07, 6.45) is 1.43. The lowest BCUT2D eigenvalue weighted by atomic mass is 10.3. The van der Waals surface area contributed by atoms with Gasteiger partial charge in [-0.2, -0.15) is 0 Å². The van der Waals surface area contributed by atoms with Crippen molar-refractivity contribution in [2.45, 2.75) is 0 Å². The highest BCUT2D eigenvalue weighted by Crippen LogP contribution is 2.26. The summed E-state index contributed by atoms with van der Waals surface area (Å²) in [6, 6.07) is 0. The Balaban J connectivity index is 2.94. The van der Waals surface area contributed by atoms with Crippen LogP contribution in [0.5, 0.6) is 0 Å². The standard InChI is InChI=1S/C8H9N3O4/c1-13-6-5(3-4-10-11-9)15-8(12)7(6)14-2/h3H,4H2,1-2H3/b5-3-. The van der Waals surface area contributed by atoms with E-state index in [9.17, 15) is 4.79 Å². The van der Waals surface area contributed by atoms with Crippen LogP contribution in [0.3, 0.4) is 0 Å². The van der Waals surface area contributed by atoms with E-state index < -0.39 is 5.97 Å². The Hall–Kier alpha value is -2.14. The Kier molecular flexibility index (Phi) is 3.59. The van der Waals surface area contributed by atoms with Crippen LogP contribution in [-0.4, -0.2) is 26.7 Å². The summed E-state index contributed by atoms with van der Waals surface area (Å²) in [4.78, 5) is 13.7. The molecule has 7 heteroatoms. The van der Waals surface area contributed by atoms with Crippen LogP contribution < -0.4 is 0 Å². The third-order valence-electron chi connectivity index (χ3n) is 1.65. The molecule has 0 bridgehead atoms. The van der Waals surface area contributed by atoms with Crippen LogP contribution in [0, 0.1) is 0 Å². The zero-order valence-corrected chi connectivity index (χ0v) is 8.26. The number of nitrogens with zero attached hydrogens (tertiary/aromatic N) is 3. The lowest BCUT2D eigenvalue weighted by molar-refractivity contribution is -0.136. The fraction of sp³-hybridized carbons (Fsp3) is 0.375. The number of hydrogen-bond donors (Lipinski definition) is 0. The van der Waals surface area contributed by atoms with Crippen molar-refractivity contribution in [3.63, 3.8) is 0 Å². The minimum Gasteiger partial charge on any atom is -0.490 e. The molecule has 0 saturated heterocycles. The Labute approximate surface area is 85.5 Å². The van der Waals surface area contributed by atoms with Gasteiger partial charge in [0.2, 0.25) is 5.76 Å². The fourth-order valence-electron chi connectivity index (χ4n) is 1.06. The molecule has 0 unspecified atom stereocenters. The first-order valence-electron chi connectivity index (χ1n) is 4.00. The van der Waals surface area contributed by atoms with Gasteiger partial charge in [-0.3, -0.25) is 0 Å². The van der Waals surface area contributed by atoms with Crippen molar-refractivity contribution in [1.29, 1.82) is 0 Å². The molecule has 1 rings (SSSR count). The maximum absolute atomic E-state index is 11.2. The van der Waals surface area contributed by atoms with Gasteiger partial charge in [0.15, 0.2) is 5.76 Å². The number of cyclic esters (lactones) is 1. The molecule has 0 aliphatic carbocycles. The van der Waals surface area contributed by atoms with E-state index in [0.717, 1.165) is 0 Å². The first kappa shape index (κ1) is 10.9. The molecule has 0 amide bonds. The van der Waals surface area contributed by atoms with Gasteiger partial charge >= 0.3 is 5.97 Å². The summed E-state index contributed by atoms with van der Waals surface area (Å²) in [7, 11) is 2.73. The molecule has 0 radical (unpaired) electrons. The van der Waals surface area contributed by atoms with Gasteiger partial charge < -0.3 is 14.2 Å². The molecule has 0 saturated carbocycles. The number of ether oxygens (including phenoxy) is 3. The van der Waals surface area contributed by atoms with Gasteiger partial charge in [-0.25, -0.2) is 4.79 Å². The second kappa shape index (κ2) is 4.92. The molecular formula is C8H9N3O4. The summed E-state index contributed by atoms with van der Waals surface area (Å²) in [5.41, 5.74) is 8.07. The van der Waals surface area contributed by atoms with Crippen molar-refractivity contribution in [2.75, 3.05) is 20.8 Å². The van der Waals surface area contributed by atoms with Crippen molar-refractivity contribution in [3.8, 4) is 0 Å². The zero-order valence-electron chi connectivity index (χ0n) is 8.26. The Morgan fingerprint density at radius 2 is 2.13 bits per heavy atom. The molecule has 0 fully saturated rings. The normalized spacial score (nSPS) is 17.5. The van der Waals surface area contributed by atoms with E-state index in [4.69, 9.17) is 19.7 Å². The average molecular weight is 211 g/mol. The summed E-state index contributed by atoms with van der Waals surface area (Å²) in [6.45, 7) is 0.0724. The van der Waals surface area contributed by atoms with Crippen LogP contribution in [-0.2, 0) is 19.0 Å². The molecule has 0 aromatic rings. The maximum atomic E-state index is 11.2. The molecule has 1 aliphatic heterocycles. The molecule has 1 heterocycles. The predicted octanol–water partition coefficient (Wildman–Crippen LogP) is 1.24. The summed E-state index contributed by atoms with van der Waals surface area (Å²) in [5, 5.41) is 3.27. The smallest absolute Gasteiger partial charge is 0.383 e. The molecule has 15 heavy (non-hydrogen) atoms. The van der Waals surface area contributed by atoms with Crippen LogP contribution in [0.2, 0.25) is 0 Å². The van der Waals surface area contributed by atoms with Gasteiger partial charge in [-0.15, -0.1) is 0 Å². The minimum absolute atomic E-state index is 0.00434. The summed E-state index contributed by atoms with van der Waals surface area (Å²) >= 11 is 0. The number of azide groups is 1. The quantitative estimate of drug-likeness (QED) is 0.302. The first-order valence-corrected chi connectivity index (χ1v) is 4.00. The van der Waals surface area contributed by atoms with Crippen molar-refractivity contribution < 1.29 is 19.0 Å². The molecule has 80 valence electrons. The van der Waals surface area contributed by atoms with Crippen LogP contribution in [0.15, 0.2) is 28.5 Å². The van der Waals surface area contributed by atoms with Crippen LogP contribution >= 0.6 is 0 Å². The van der Waals surface area contributed by atoms with Crippen molar-refractivity contribution >= 4 is 5.97 Å². The Bertz CT molecular complexity index is 379. The lowest BCUT2D eigenvalue weighted by Crippen LogP contribution is -2.00. The minimum atomic E-state index is -0.624. The Morgan fingerprint density at radius 3 is 2.67 bits per heavy atom. The largest absolute Gasteiger partial charge is 0.490 e. The maximum Gasteiger partial charge on any atom is 0.383 e. The lowest BCUT2D eigenvalue weighted by Gasteiger charge is -2.00. The number of methoxy groups -OCH3 is 2. The number of carbonyl (C=O) groups excluding carboxylic acids is 1. The van der Waals surface area contributed by atoms with Gasteiger partial charge in [0.05, 0.1) is 14.2 Å². The fourth-order valence-corrected chi connectivity index (χ4v) is 1.06. The van der Waals surface area contributed by atoms with Gasteiger partial charge in [0.1, 0.15) is 0 Å². The van der Waals surface area contributed by atoms with E-state index in [1.165, 1.54) is 20.3 Å². The summed E-state index contributed by atoms with van der Waals surface area (Å²) in [5.74, 6) is -0.214. The molecule has 0 N–H and O–H groups in total. The van der Waals surface area contributed by atoms with Crippen LogP contribution in [0.1, 0.15) is 0 Å². The van der Waals surface area contributed by atoms with Gasteiger partial charge in [-0.1, -0.05) is 5.11 Å². The SMILES string of the molecule is COC1=C(OC)/C(=C/CN=[N+]=[N-])OC1=O. The Morgan fingerprint density at radius 1 is 1.47 bits per heavy atom. The highest BCUT2D eigenvalue weighted by molar-refractivity contribution is 5.91. The highest BCUT2D eigenvalue weighted by atomic mass is 16.6. The van der Waals surface area contributed by atoms with E-state index in [2.05, 4.69) is 10.0 Å². The van der Waals surface area contributed by atoms with E-state index >= 15 is 0 Å². The molecule has 0 spiro atoms. The average Bonchev–Trinajstić information content (AvgIpc) is 2.54. The number of rotatable bonds is 4. The molecular weight excluding hydrogens is 202 g/mol. The molecule has 7 nitrogen and oxygen atoms in total. The third-order valence-corrected chi connectivity index (χ3v) is 1.65. The van der Waals surface area contributed by atoms with Crippen molar-refractivity contribution in [3.05, 3.63) is 33.8 Å². The van der Waals surface area contributed by atoms with Crippen LogP contribution in [0.4, 0.5) is 0 Å². The molecule has 1 aliphatic rings. The highest BCUT2D eigenvalue weighted by Gasteiger charge is 2.32. The molecule has 0 aromatic carbocycles. The van der Waals surface area contributed by atoms with E-state index in [0.29, 0.717) is 0 Å². The van der Waals surface area contributed by atoms with Gasteiger partial charge in [0.25, 0.3) is 5.76 Å². The molecule has 0 aromatic heterocycles. The van der Waals surface area contributed by atoms with E-state index in [1.54, 1.807) is 0 Å². The van der Waals surface area contributed by atoms with E-state index in [-0.39, 0.29) is 23.8 Å². The van der Waals surface area contributed by atoms with Crippen molar-refractivity contribution in [2.24, 2.45) is 5.11 Å². The second-order valence-corrected chi connectivity index (χ2v) is 2.44.